The maximum Gasteiger partial charge on any atom is 0.276 e. The Hall–Kier alpha value is -1.88. The maximum atomic E-state index is 10.9. The average Bonchev–Trinajstić information content (AvgIpc) is 2.59. The van der Waals surface area contributed by atoms with E-state index in [0.29, 0.717) is 5.52 Å². The summed E-state index contributed by atoms with van der Waals surface area (Å²) in [5, 5.41) is 10.0. The lowest BCUT2D eigenvalue weighted by Crippen LogP contribution is -2.17. The van der Waals surface area contributed by atoms with Crippen molar-refractivity contribution in [1.82, 2.24) is 15.4 Å². The molecule has 0 spiro atoms. The molecular weight excluding hydrogens is 170 g/mol. The molecule has 2 aromatic rings. The number of fused-ring (bicyclic) bond motifs is 1. The largest absolute Gasteiger partial charge is 0.759 e. The zero-order valence-electron chi connectivity index (χ0n) is 6.57. The maximum absolute atomic E-state index is 10.9. The van der Waals surface area contributed by atoms with Crippen LogP contribution in [-0.4, -0.2) is 15.9 Å². The van der Waals surface area contributed by atoms with Crippen molar-refractivity contribution in [2.45, 2.75) is 0 Å². The van der Waals surface area contributed by atoms with Gasteiger partial charge in [0.15, 0.2) is 5.82 Å². The van der Waals surface area contributed by atoms with Crippen molar-refractivity contribution in [3.8, 4) is 0 Å². The summed E-state index contributed by atoms with van der Waals surface area (Å²) in [6, 6.07) is 7.17. The molecule has 0 aliphatic rings. The van der Waals surface area contributed by atoms with Gasteiger partial charge in [-0.1, -0.05) is 12.1 Å². The number of amides is 1. The quantitative estimate of drug-likeness (QED) is 0.630. The van der Waals surface area contributed by atoms with Gasteiger partial charge in [0.05, 0.1) is 11.0 Å². The Bertz CT molecular complexity index is 416. The fourth-order valence-corrected chi connectivity index (χ4v) is 1.11. The molecule has 5 nitrogen and oxygen atoms in total. The molecule has 1 amide bonds. The SMILES string of the molecule is O=C(N[O-])c1nc2ccccc2[nH]1. The standard InChI is InChI=1S/C8H6N3O2/c12-8(11-13)7-9-5-3-1-2-4-6(5)10-7/h1-4H,(H2-,9,10,11,12,13)/q-1. The summed E-state index contributed by atoms with van der Waals surface area (Å²) in [5.74, 6) is -0.715. The van der Waals surface area contributed by atoms with E-state index in [9.17, 15) is 10.0 Å². The summed E-state index contributed by atoms with van der Waals surface area (Å²) in [6.45, 7) is 0. The van der Waals surface area contributed by atoms with Crippen LogP contribution in [-0.2, 0) is 0 Å². The Morgan fingerprint density at radius 2 is 2.23 bits per heavy atom. The summed E-state index contributed by atoms with van der Waals surface area (Å²) >= 11 is 0. The topological polar surface area (TPSA) is 80.8 Å². The van der Waals surface area contributed by atoms with Gasteiger partial charge >= 0.3 is 0 Å². The smallest absolute Gasteiger partial charge is 0.276 e. The minimum Gasteiger partial charge on any atom is -0.759 e. The highest BCUT2D eigenvalue weighted by Gasteiger charge is 2.06. The molecule has 0 bridgehead atoms. The van der Waals surface area contributed by atoms with Gasteiger partial charge in [-0.2, -0.15) is 0 Å². The highest BCUT2D eigenvalue weighted by Crippen LogP contribution is 2.09. The number of nitrogens with one attached hydrogen (secondary N) is 2. The van der Waals surface area contributed by atoms with Crippen molar-refractivity contribution in [3.63, 3.8) is 0 Å². The van der Waals surface area contributed by atoms with E-state index in [2.05, 4.69) is 9.97 Å². The van der Waals surface area contributed by atoms with Crippen LogP contribution in [0.5, 0.6) is 0 Å². The number of aromatic amines is 1. The molecule has 0 aliphatic heterocycles. The molecule has 0 saturated heterocycles. The number of hydrogen-bond acceptors (Lipinski definition) is 3. The first kappa shape index (κ1) is 7.75. The van der Waals surface area contributed by atoms with Crippen LogP contribution in [0.15, 0.2) is 24.3 Å². The molecule has 1 aromatic carbocycles. The van der Waals surface area contributed by atoms with Crippen LogP contribution in [0.2, 0.25) is 0 Å². The van der Waals surface area contributed by atoms with Gasteiger partial charge in [0, 0.05) is 0 Å². The van der Waals surface area contributed by atoms with Gasteiger partial charge in [-0.3, -0.25) is 4.79 Å². The van der Waals surface area contributed by atoms with Crippen LogP contribution in [0, 0.1) is 5.21 Å². The number of nitrogens with zero attached hydrogens (tertiary/aromatic N) is 1. The van der Waals surface area contributed by atoms with E-state index in [1.54, 1.807) is 12.1 Å². The van der Waals surface area contributed by atoms with Crippen LogP contribution in [0.25, 0.3) is 11.0 Å². The molecule has 0 saturated carbocycles. The van der Waals surface area contributed by atoms with Crippen LogP contribution >= 0.6 is 0 Å². The molecule has 0 atom stereocenters. The first-order valence-electron chi connectivity index (χ1n) is 3.68. The average molecular weight is 176 g/mol. The first-order valence-corrected chi connectivity index (χ1v) is 3.68. The highest BCUT2D eigenvalue weighted by molar-refractivity contribution is 5.94. The minimum absolute atomic E-state index is 0.0381. The molecular formula is C8H6N3O2-. The molecule has 13 heavy (non-hydrogen) atoms. The van der Waals surface area contributed by atoms with Crippen LogP contribution < -0.4 is 5.48 Å². The molecule has 0 fully saturated rings. The van der Waals surface area contributed by atoms with E-state index >= 15 is 0 Å². The van der Waals surface area contributed by atoms with Gasteiger partial charge in [-0.15, -0.1) is 0 Å². The molecule has 2 rings (SSSR count). The number of H-pyrrole nitrogens is 1. The van der Waals surface area contributed by atoms with E-state index in [0.717, 1.165) is 5.52 Å². The summed E-state index contributed by atoms with van der Waals surface area (Å²) in [6.07, 6.45) is 0. The van der Waals surface area contributed by atoms with Gasteiger partial charge in [0.1, 0.15) is 0 Å². The lowest BCUT2D eigenvalue weighted by Gasteiger charge is -2.02. The van der Waals surface area contributed by atoms with E-state index in [-0.39, 0.29) is 5.82 Å². The minimum atomic E-state index is -0.754. The number of hydrogen-bond donors (Lipinski definition) is 2. The van der Waals surface area contributed by atoms with E-state index in [4.69, 9.17) is 0 Å². The van der Waals surface area contributed by atoms with Crippen molar-refractivity contribution in [2.75, 3.05) is 0 Å². The number of aromatic nitrogens is 2. The zero-order valence-corrected chi connectivity index (χ0v) is 6.57. The number of hydroxylamine groups is 1. The van der Waals surface area contributed by atoms with Crippen LogP contribution in [0.4, 0.5) is 0 Å². The molecule has 0 unspecified atom stereocenters. The molecule has 66 valence electrons. The zero-order chi connectivity index (χ0) is 9.26. The predicted octanol–water partition coefficient (Wildman–Crippen LogP) is 0.790. The Kier molecular flexibility index (Phi) is 1.71. The van der Waals surface area contributed by atoms with Crippen molar-refractivity contribution >= 4 is 16.9 Å². The normalized spacial score (nSPS) is 10.2. The first-order chi connectivity index (χ1) is 6.31. The summed E-state index contributed by atoms with van der Waals surface area (Å²) in [5.41, 5.74) is 2.66. The molecule has 0 aliphatic carbocycles. The summed E-state index contributed by atoms with van der Waals surface area (Å²) < 4.78 is 0. The molecule has 0 radical (unpaired) electrons. The number of carbonyl (C=O) groups is 1. The highest BCUT2D eigenvalue weighted by atomic mass is 16.5. The third kappa shape index (κ3) is 1.25. The van der Waals surface area contributed by atoms with Crippen molar-refractivity contribution in [2.24, 2.45) is 0 Å². The third-order valence-electron chi connectivity index (χ3n) is 1.70. The second kappa shape index (κ2) is 2.87. The van der Waals surface area contributed by atoms with Gasteiger partial charge in [-0.25, -0.2) is 4.98 Å². The van der Waals surface area contributed by atoms with Crippen molar-refractivity contribution in [3.05, 3.63) is 35.3 Å². The number of para-hydroxylation sites is 2. The second-order valence-electron chi connectivity index (χ2n) is 2.53. The Morgan fingerprint density at radius 1 is 1.46 bits per heavy atom. The Morgan fingerprint density at radius 3 is 2.92 bits per heavy atom. The Balaban J connectivity index is 2.56. The number of rotatable bonds is 1. The summed E-state index contributed by atoms with van der Waals surface area (Å²) in [7, 11) is 0. The lowest BCUT2D eigenvalue weighted by atomic mass is 10.3. The molecule has 1 aromatic heterocycles. The van der Waals surface area contributed by atoms with Crippen molar-refractivity contribution in [1.29, 1.82) is 0 Å². The molecule has 2 N–H and O–H groups in total. The Labute approximate surface area is 73.4 Å². The van der Waals surface area contributed by atoms with Crippen LogP contribution in [0.1, 0.15) is 10.6 Å². The molecule has 5 heteroatoms. The van der Waals surface area contributed by atoms with E-state index in [1.807, 2.05) is 12.1 Å². The predicted molar refractivity (Wildman–Crippen MR) is 46.9 cm³/mol. The fraction of sp³-hybridized carbons (Fsp3) is 0. The summed E-state index contributed by atoms with van der Waals surface area (Å²) in [4.78, 5) is 17.5. The fourth-order valence-electron chi connectivity index (χ4n) is 1.11. The van der Waals surface area contributed by atoms with Crippen molar-refractivity contribution < 1.29 is 4.79 Å². The number of carbonyl (C=O) groups excluding carboxylic acids is 1. The lowest BCUT2D eigenvalue weighted by molar-refractivity contribution is 0.0961. The van der Waals surface area contributed by atoms with E-state index < -0.39 is 5.91 Å². The van der Waals surface area contributed by atoms with Gasteiger partial charge in [0.2, 0.25) is 0 Å². The number of imidazole rings is 1. The third-order valence-corrected chi connectivity index (χ3v) is 1.70. The monoisotopic (exact) mass is 176 g/mol. The van der Waals surface area contributed by atoms with Gasteiger partial charge in [0.25, 0.3) is 5.91 Å². The van der Waals surface area contributed by atoms with Gasteiger partial charge < -0.3 is 15.7 Å². The molecule has 1 heterocycles. The van der Waals surface area contributed by atoms with E-state index in [1.165, 1.54) is 5.48 Å². The second-order valence-corrected chi connectivity index (χ2v) is 2.53. The number of benzene rings is 1. The van der Waals surface area contributed by atoms with Gasteiger partial charge in [-0.05, 0) is 12.1 Å². The van der Waals surface area contributed by atoms with Crippen LogP contribution in [0.3, 0.4) is 0 Å².